The summed E-state index contributed by atoms with van der Waals surface area (Å²) in [6.07, 6.45) is -10.1. The zero-order valence-corrected chi connectivity index (χ0v) is 25.7. The summed E-state index contributed by atoms with van der Waals surface area (Å²) < 4.78 is 85.8. The monoisotopic (exact) mass is 698 g/mol. The molecule has 0 atom stereocenters. The molecule has 6 rings (SSSR count). The highest BCUT2D eigenvalue weighted by Crippen LogP contribution is 2.62. The standard InChI is InChI=1S/C38H12F6N6O2/c39-37(40,41)51-23-7-9-25(19(11-23)13-45)27-3-1-5-29-33(27)31(21(15-47)16-48)36-30-6-2-4-28(34(30)32(35(29)36)22(17-49)18-50)26-10-8-24(12-20(26)14-46)52-38(42,43)44/h1-12H. The lowest BCUT2D eigenvalue weighted by Crippen LogP contribution is -2.17. The summed E-state index contributed by atoms with van der Waals surface area (Å²) in [7, 11) is 0. The number of hydrogen-bond donors (Lipinski definition) is 0. The zero-order valence-electron chi connectivity index (χ0n) is 25.7. The summed E-state index contributed by atoms with van der Waals surface area (Å²) >= 11 is 0. The van der Waals surface area contributed by atoms with Gasteiger partial charge in [0.05, 0.1) is 23.3 Å². The molecular formula is C38H12F6N6O2. The van der Waals surface area contributed by atoms with E-state index in [-0.39, 0.29) is 66.8 Å². The van der Waals surface area contributed by atoms with Crippen molar-refractivity contribution in [2.24, 2.45) is 0 Å². The van der Waals surface area contributed by atoms with Gasteiger partial charge in [0.2, 0.25) is 0 Å². The van der Waals surface area contributed by atoms with Crippen molar-refractivity contribution in [3.05, 3.63) is 117 Å². The van der Waals surface area contributed by atoms with Crippen LogP contribution in [0.4, 0.5) is 26.3 Å². The van der Waals surface area contributed by atoms with Crippen LogP contribution in [0.25, 0.3) is 44.5 Å². The summed E-state index contributed by atoms with van der Waals surface area (Å²) in [4.78, 5) is 0. The van der Waals surface area contributed by atoms with E-state index in [0.717, 1.165) is 24.3 Å². The molecule has 0 aliphatic heterocycles. The first-order valence-electron chi connectivity index (χ1n) is 14.5. The molecule has 0 saturated heterocycles. The normalized spacial score (nSPS) is 12.5. The van der Waals surface area contributed by atoms with Gasteiger partial charge in [-0.1, -0.05) is 36.4 Å². The Morgan fingerprint density at radius 1 is 0.462 bits per heavy atom. The number of hydrogen-bond acceptors (Lipinski definition) is 8. The lowest BCUT2D eigenvalue weighted by atomic mass is 9.82. The van der Waals surface area contributed by atoms with Gasteiger partial charge in [-0.2, -0.15) is 31.6 Å². The number of ether oxygens (including phenoxy) is 2. The first kappa shape index (κ1) is 34.1. The summed E-state index contributed by atoms with van der Waals surface area (Å²) in [5.74, 6) is -1.33. The van der Waals surface area contributed by atoms with Crippen molar-refractivity contribution in [3.63, 3.8) is 0 Å². The highest BCUT2D eigenvalue weighted by Gasteiger charge is 2.42. The van der Waals surface area contributed by atoms with E-state index < -0.39 is 35.4 Å². The second-order valence-electron chi connectivity index (χ2n) is 10.9. The Morgan fingerprint density at radius 2 is 0.808 bits per heavy atom. The molecule has 0 N–H and O–H groups in total. The van der Waals surface area contributed by atoms with Crippen LogP contribution in [0.2, 0.25) is 0 Å². The lowest BCUT2D eigenvalue weighted by Gasteiger charge is -2.19. The van der Waals surface area contributed by atoms with Crippen LogP contribution >= 0.6 is 0 Å². The van der Waals surface area contributed by atoms with Crippen LogP contribution in [0.1, 0.15) is 33.4 Å². The molecule has 0 fully saturated rings. The third-order valence-corrected chi connectivity index (χ3v) is 8.14. The number of fused-ring (bicyclic) bond motifs is 4. The second-order valence-corrected chi connectivity index (χ2v) is 10.9. The molecule has 0 radical (unpaired) electrons. The molecule has 0 amide bonds. The summed E-state index contributed by atoms with van der Waals surface area (Å²) in [5, 5.41) is 60.7. The van der Waals surface area contributed by atoms with Crippen molar-refractivity contribution >= 4 is 22.3 Å². The third kappa shape index (κ3) is 5.70. The van der Waals surface area contributed by atoms with Crippen molar-refractivity contribution in [3.8, 4) is 70.2 Å². The zero-order chi connectivity index (χ0) is 37.5. The van der Waals surface area contributed by atoms with Gasteiger partial charge in [0, 0.05) is 44.5 Å². The minimum atomic E-state index is -5.04. The van der Waals surface area contributed by atoms with Gasteiger partial charge in [0.25, 0.3) is 0 Å². The van der Waals surface area contributed by atoms with E-state index in [1.54, 1.807) is 12.1 Å². The Hall–Kier alpha value is -7.78. The number of rotatable bonds is 4. The number of alkyl halides is 6. The van der Waals surface area contributed by atoms with E-state index in [0.29, 0.717) is 11.1 Å². The molecule has 0 saturated carbocycles. The van der Waals surface area contributed by atoms with E-state index in [1.807, 2.05) is 36.4 Å². The van der Waals surface area contributed by atoms with Crippen molar-refractivity contribution in [2.45, 2.75) is 12.7 Å². The van der Waals surface area contributed by atoms with Crippen molar-refractivity contribution in [2.75, 3.05) is 0 Å². The predicted octanol–water partition coefficient (Wildman–Crippen LogP) is 9.10. The molecule has 0 aromatic heterocycles. The molecule has 0 heterocycles. The maximum absolute atomic E-state index is 13.0. The van der Waals surface area contributed by atoms with Crippen molar-refractivity contribution in [1.82, 2.24) is 0 Å². The largest absolute Gasteiger partial charge is 0.573 e. The van der Waals surface area contributed by atoms with Gasteiger partial charge in [0.15, 0.2) is 0 Å². The Morgan fingerprint density at radius 3 is 1.12 bits per heavy atom. The Kier molecular flexibility index (Phi) is 8.26. The van der Waals surface area contributed by atoms with Gasteiger partial charge in [-0.05, 0) is 58.7 Å². The van der Waals surface area contributed by atoms with E-state index in [4.69, 9.17) is 0 Å². The van der Waals surface area contributed by atoms with Gasteiger partial charge < -0.3 is 9.47 Å². The van der Waals surface area contributed by atoms with Crippen LogP contribution < -0.4 is 9.47 Å². The molecule has 0 spiro atoms. The van der Waals surface area contributed by atoms with Crippen LogP contribution in [0.15, 0.2) is 83.9 Å². The molecule has 2 aliphatic carbocycles. The molecule has 8 nitrogen and oxygen atoms in total. The quantitative estimate of drug-likeness (QED) is 0.151. The van der Waals surface area contributed by atoms with Gasteiger partial charge in [-0.15, -0.1) is 26.3 Å². The average Bonchev–Trinajstić information content (AvgIpc) is 3.62. The minimum absolute atomic E-state index is 0.0307. The number of allylic oxidation sites excluding steroid dienone is 6. The van der Waals surface area contributed by atoms with E-state index in [9.17, 15) is 57.9 Å². The van der Waals surface area contributed by atoms with E-state index in [1.165, 1.54) is 36.4 Å². The molecule has 248 valence electrons. The molecule has 0 bridgehead atoms. The number of benzene rings is 4. The minimum Gasteiger partial charge on any atom is -0.406 e. The van der Waals surface area contributed by atoms with Crippen LogP contribution in [0, 0.1) is 68.0 Å². The number of nitriles is 6. The molecule has 4 aromatic carbocycles. The van der Waals surface area contributed by atoms with Crippen LogP contribution in [0.3, 0.4) is 0 Å². The third-order valence-electron chi connectivity index (χ3n) is 8.14. The van der Waals surface area contributed by atoms with Gasteiger partial charge in [-0.25, -0.2) is 0 Å². The summed E-state index contributed by atoms with van der Waals surface area (Å²) in [6.45, 7) is 0. The Balaban J connectivity index is 1.67. The highest BCUT2D eigenvalue weighted by atomic mass is 19.4. The molecule has 52 heavy (non-hydrogen) atoms. The summed E-state index contributed by atoms with van der Waals surface area (Å²) in [6, 6.07) is 26.6. The fraction of sp³-hybridized carbons (Fsp3) is 0.0526. The number of halogens is 6. The maximum Gasteiger partial charge on any atom is 0.573 e. The summed E-state index contributed by atoms with van der Waals surface area (Å²) in [5.41, 5.74) is 0.851. The molecule has 2 aliphatic rings. The topological polar surface area (TPSA) is 161 Å². The van der Waals surface area contributed by atoms with Crippen LogP contribution in [-0.2, 0) is 0 Å². The van der Waals surface area contributed by atoms with Crippen molar-refractivity contribution < 1.29 is 35.8 Å². The predicted molar refractivity (Wildman–Crippen MR) is 170 cm³/mol. The lowest BCUT2D eigenvalue weighted by molar-refractivity contribution is -0.275. The fourth-order valence-electron chi connectivity index (χ4n) is 6.42. The Labute approximate surface area is 289 Å². The van der Waals surface area contributed by atoms with Gasteiger partial charge >= 0.3 is 12.7 Å². The number of nitrogens with zero attached hydrogens (tertiary/aromatic N) is 6. The van der Waals surface area contributed by atoms with E-state index >= 15 is 0 Å². The highest BCUT2D eigenvalue weighted by molar-refractivity contribution is 6.39. The van der Waals surface area contributed by atoms with Crippen LogP contribution in [0.5, 0.6) is 11.5 Å². The molecule has 4 aromatic rings. The smallest absolute Gasteiger partial charge is 0.406 e. The Bertz CT molecular complexity index is 2410. The first-order valence-corrected chi connectivity index (χ1v) is 14.5. The first-order chi connectivity index (χ1) is 24.8. The molecule has 14 heteroatoms. The molecular weight excluding hydrogens is 686 g/mol. The van der Waals surface area contributed by atoms with Crippen molar-refractivity contribution in [1.29, 1.82) is 31.6 Å². The SMILES string of the molecule is N#CC(C#N)=C1C2=C(C(=C(C#N)C#N)c3c2cccc3-c2ccc(OC(F)(F)F)cc2C#N)c2cccc(-c3ccc(OC(F)(F)F)cc3C#N)c21. The second kappa shape index (κ2) is 12.6. The van der Waals surface area contributed by atoms with Gasteiger partial charge in [-0.3, -0.25) is 0 Å². The molecule has 0 unspecified atom stereocenters. The fourth-order valence-corrected chi connectivity index (χ4v) is 6.42. The maximum atomic E-state index is 13.0. The van der Waals surface area contributed by atoms with E-state index in [2.05, 4.69) is 9.47 Å². The van der Waals surface area contributed by atoms with Gasteiger partial charge in [0.1, 0.15) is 46.9 Å². The average molecular weight is 699 g/mol. The van der Waals surface area contributed by atoms with Crippen LogP contribution in [-0.4, -0.2) is 12.7 Å².